The van der Waals surface area contributed by atoms with Crippen molar-refractivity contribution < 1.29 is 9.32 Å². The van der Waals surface area contributed by atoms with Crippen molar-refractivity contribution in [2.45, 2.75) is 25.8 Å². The lowest BCUT2D eigenvalue weighted by Crippen LogP contribution is -2.29. The molecule has 0 aliphatic heterocycles. The molecule has 124 valence electrons. The minimum Gasteiger partial charge on any atom is -0.384 e. The van der Waals surface area contributed by atoms with E-state index in [0.29, 0.717) is 18.6 Å². The summed E-state index contributed by atoms with van der Waals surface area (Å²) in [6.45, 7) is 2.01. The fraction of sp³-hybridized carbons (Fsp3) is 0.263. The first-order valence-electron chi connectivity index (χ1n) is 7.96. The highest BCUT2D eigenvalue weighted by Gasteiger charge is 2.18. The number of nitrogens with zero attached hydrogens (tertiary/aromatic N) is 1. The van der Waals surface area contributed by atoms with Crippen LogP contribution < -0.4 is 5.56 Å². The molecule has 0 radical (unpaired) electrons. The third-order valence-electron chi connectivity index (χ3n) is 4.39. The molecule has 1 heterocycles. The fourth-order valence-corrected chi connectivity index (χ4v) is 2.76. The standard InChI is InChI=1S/C19H20N2O3/c1-13(15-8-7-14-5-3-4-6-16(14)11-15)21(2)19(23)10-9-17-12-18(22)20-24-17/h3-8,11-13H,9-10H2,1-2H3,(H,20,22)/t13-/m0/s1. The number of carbonyl (C=O) groups is 1. The number of H-pyrrole nitrogens is 1. The molecule has 0 aliphatic carbocycles. The van der Waals surface area contributed by atoms with Gasteiger partial charge in [-0.2, -0.15) is 5.16 Å². The number of nitrogens with one attached hydrogen (secondary N) is 1. The van der Waals surface area contributed by atoms with Gasteiger partial charge in [0.05, 0.1) is 6.04 Å². The summed E-state index contributed by atoms with van der Waals surface area (Å²) in [5, 5.41) is 4.58. The first kappa shape index (κ1) is 16.1. The van der Waals surface area contributed by atoms with Gasteiger partial charge in [-0.05, 0) is 29.3 Å². The summed E-state index contributed by atoms with van der Waals surface area (Å²) < 4.78 is 4.98. The van der Waals surface area contributed by atoms with E-state index in [1.54, 1.807) is 11.9 Å². The van der Waals surface area contributed by atoms with Crippen LogP contribution in [-0.4, -0.2) is 23.0 Å². The highest BCUT2D eigenvalue weighted by Crippen LogP contribution is 2.24. The molecule has 1 atom stereocenters. The van der Waals surface area contributed by atoms with Crippen LogP contribution in [0.5, 0.6) is 0 Å². The van der Waals surface area contributed by atoms with Crippen LogP contribution >= 0.6 is 0 Å². The van der Waals surface area contributed by atoms with Crippen molar-refractivity contribution in [2.24, 2.45) is 0 Å². The van der Waals surface area contributed by atoms with Crippen molar-refractivity contribution in [3.05, 3.63) is 70.2 Å². The van der Waals surface area contributed by atoms with Crippen LogP contribution in [0.25, 0.3) is 10.8 Å². The van der Waals surface area contributed by atoms with Crippen LogP contribution in [0.15, 0.2) is 57.8 Å². The van der Waals surface area contributed by atoms with E-state index in [2.05, 4.69) is 35.5 Å². The van der Waals surface area contributed by atoms with E-state index < -0.39 is 0 Å². The van der Waals surface area contributed by atoms with Crippen molar-refractivity contribution in [2.75, 3.05) is 7.05 Å². The Labute approximate surface area is 139 Å². The molecule has 0 saturated heterocycles. The van der Waals surface area contributed by atoms with Crippen molar-refractivity contribution in [3.63, 3.8) is 0 Å². The zero-order valence-corrected chi connectivity index (χ0v) is 13.8. The first-order chi connectivity index (χ1) is 11.5. The van der Waals surface area contributed by atoms with Gasteiger partial charge in [0.15, 0.2) is 0 Å². The Morgan fingerprint density at radius 1 is 1.17 bits per heavy atom. The van der Waals surface area contributed by atoms with Crippen LogP contribution in [0.4, 0.5) is 0 Å². The van der Waals surface area contributed by atoms with Gasteiger partial charge in [-0.1, -0.05) is 36.4 Å². The maximum Gasteiger partial charge on any atom is 0.280 e. The van der Waals surface area contributed by atoms with Crippen molar-refractivity contribution in [1.29, 1.82) is 0 Å². The van der Waals surface area contributed by atoms with Gasteiger partial charge in [-0.3, -0.25) is 9.59 Å². The molecule has 0 spiro atoms. The average molecular weight is 324 g/mol. The highest BCUT2D eigenvalue weighted by molar-refractivity contribution is 5.83. The number of hydrogen-bond donors (Lipinski definition) is 1. The number of rotatable bonds is 5. The number of amides is 1. The number of hydrogen-bond acceptors (Lipinski definition) is 3. The topological polar surface area (TPSA) is 66.3 Å². The Kier molecular flexibility index (Phi) is 4.51. The van der Waals surface area contributed by atoms with E-state index in [1.807, 2.05) is 19.1 Å². The molecule has 0 aliphatic rings. The zero-order chi connectivity index (χ0) is 17.1. The van der Waals surface area contributed by atoms with E-state index in [-0.39, 0.29) is 17.5 Å². The number of benzene rings is 2. The third-order valence-corrected chi connectivity index (χ3v) is 4.39. The fourth-order valence-electron chi connectivity index (χ4n) is 2.76. The lowest BCUT2D eigenvalue weighted by atomic mass is 10.0. The SMILES string of the molecule is C[C@@H](c1ccc2ccccc2c1)N(C)C(=O)CCc1cc(=O)[nH]o1. The molecule has 0 unspecified atom stereocenters. The Morgan fingerprint density at radius 3 is 2.62 bits per heavy atom. The molecule has 5 nitrogen and oxygen atoms in total. The minimum absolute atomic E-state index is 0.0134. The van der Waals surface area contributed by atoms with Crippen molar-refractivity contribution in [3.8, 4) is 0 Å². The molecule has 1 N–H and O–H groups in total. The predicted molar refractivity (Wildman–Crippen MR) is 92.8 cm³/mol. The Balaban J connectivity index is 1.68. The summed E-state index contributed by atoms with van der Waals surface area (Å²) in [5.41, 5.74) is 0.813. The Bertz CT molecular complexity index is 910. The summed E-state index contributed by atoms with van der Waals surface area (Å²) in [4.78, 5) is 25.2. The second-order valence-corrected chi connectivity index (χ2v) is 5.97. The number of aryl methyl sites for hydroxylation is 1. The lowest BCUT2D eigenvalue weighted by molar-refractivity contribution is -0.131. The van der Waals surface area contributed by atoms with Crippen LogP contribution in [0.3, 0.4) is 0 Å². The molecule has 0 bridgehead atoms. The molecule has 5 heteroatoms. The summed E-state index contributed by atoms with van der Waals surface area (Å²) in [7, 11) is 1.80. The molecule has 1 aromatic heterocycles. The maximum absolute atomic E-state index is 12.4. The molecule has 24 heavy (non-hydrogen) atoms. The van der Waals surface area contributed by atoms with Gasteiger partial charge in [0.25, 0.3) is 5.56 Å². The van der Waals surface area contributed by atoms with Crippen molar-refractivity contribution in [1.82, 2.24) is 10.1 Å². The summed E-state index contributed by atoms with van der Waals surface area (Å²) >= 11 is 0. The average Bonchev–Trinajstić information content (AvgIpc) is 3.03. The Morgan fingerprint density at radius 2 is 1.92 bits per heavy atom. The summed E-state index contributed by atoms with van der Waals surface area (Å²) in [6, 6.07) is 15.8. The minimum atomic E-state index is -0.282. The van der Waals surface area contributed by atoms with E-state index in [1.165, 1.54) is 11.5 Å². The van der Waals surface area contributed by atoms with Gasteiger partial charge < -0.3 is 9.42 Å². The first-order valence-corrected chi connectivity index (χ1v) is 7.96. The monoisotopic (exact) mass is 324 g/mol. The molecular weight excluding hydrogens is 304 g/mol. The lowest BCUT2D eigenvalue weighted by Gasteiger charge is -2.25. The smallest absolute Gasteiger partial charge is 0.280 e. The zero-order valence-electron chi connectivity index (χ0n) is 13.8. The van der Waals surface area contributed by atoms with Crippen LogP contribution in [0.2, 0.25) is 0 Å². The van der Waals surface area contributed by atoms with Gasteiger partial charge in [0.1, 0.15) is 5.76 Å². The van der Waals surface area contributed by atoms with Gasteiger partial charge in [0.2, 0.25) is 5.91 Å². The number of fused-ring (bicyclic) bond motifs is 1. The molecule has 3 aromatic rings. The third kappa shape index (κ3) is 3.40. The Hall–Kier alpha value is -2.82. The molecule has 2 aromatic carbocycles. The van der Waals surface area contributed by atoms with E-state index in [4.69, 9.17) is 4.52 Å². The van der Waals surface area contributed by atoms with Gasteiger partial charge in [-0.25, -0.2) is 0 Å². The second-order valence-electron chi connectivity index (χ2n) is 5.97. The van der Waals surface area contributed by atoms with E-state index in [9.17, 15) is 9.59 Å². The van der Waals surface area contributed by atoms with Gasteiger partial charge in [0, 0.05) is 26.0 Å². The number of aromatic amines is 1. The predicted octanol–water partition coefficient (Wildman–Crippen LogP) is 3.27. The second kappa shape index (κ2) is 6.74. The summed E-state index contributed by atoms with van der Waals surface area (Å²) in [6.07, 6.45) is 0.710. The normalized spacial score (nSPS) is 12.2. The van der Waals surface area contributed by atoms with E-state index in [0.717, 1.165) is 10.9 Å². The summed E-state index contributed by atoms with van der Waals surface area (Å²) in [5.74, 6) is 0.514. The van der Waals surface area contributed by atoms with Crippen LogP contribution in [-0.2, 0) is 11.2 Å². The molecule has 0 fully saturated rings. The largest absolute Gasteiger partial charge is 0.384 e. The number of aromatic nitrogens is 1. The van der Waals surface area contributed by atoms with E-state index >= 15 is 0 Å². The van der Waals surface area contributed by atoms with Gasteiger partial charge in [-0.15, -0.1) is 0 Å². The van der Waals surface area contributed by atoms with Crippen molar-refractivity contribution >= 4 is 16.7 Å². The quantitative estimate of drug-likeness (QED) is 0.783. The molecule has 0 saturated carbocycles. The molecule has 3 rings (SSSR count). The van der Waals surface area contributed by atoms with Crippen LogP contribution in [0, 0.1) is 0 Å². The molecular formula is C19H20N2O3. The highest BCUT2D eigenvalue weighted by atomic mass is 16.5. The van der Waals surface area contributed by atoms with Crippen LogP contribution in [0.1, 0.15) is 30.7 Å². The molecule has 1 amide bonds. The number of carbonyl (C=O) groups excluding carboxylic acids is 1. The van der Waals surface area contributed by atoms with Gasteiger partial charge >= 0.3 is 0 Å². The maximum atomic E-state index is 12.4.